The number of hydrogen-bond donors (Lipinski definition) is 2. The molecule has 21 heavy (non-hydrogen) atoms. The van der Waals surface area contributed by atoms with Crippen LogP contribution < -0.4 is 10.6 Å². The Hall–Kier alpha value is -2.81. The van der Waals surface area contributed by atoms with Crippen LogP contribution >= 0.6 is 11.3 Å². The molecule has 1 aromatic carbocycles. The van der Waals surface area contributed by atoms with Crippen LogP contribution in [-0.2, 0) is 4.79 Å². The van der Waals surface area contributed by atoms with Crippen molar-refractivity contribution < 1.29 is 9.59 Å². The van der Waals surface area contributed by atoms with Crippen molar-refractivity contribution >= 4 is 39.5 Å². The lowest BCUT2D eigenvalue weighted by Crippen LogP contribution is -2.12. The van der Waals surface area contributed by atoms with Gasteiger partial charge >= 0.3 is 0 Å². The summed E-state index contributed by atoms with van der Waals surface area (Å²) in [6.45, 7) is 1.42. The maximum Gasteiger partial charge on any atom is 0.286 e. The Morgan fingerprint density at radius 1 is 1.24 bits per heavy atom. The lowest BCUT2D eigenvalue weighted by molar-refractivity contribution is -0.114. The predicted octanol–water partition coefficient (Wildman–Crippen LogP) is 1.40. The number of carbonyl (C=O) groups is 2. The highest BCUT2D eigenvalue weighted by Gasteiger charge is 2.14. The van der Waals surface area contributed by atoms with Crippen LogP contribution in [0.15, 0.2) is 30.6 Å². The zero-order valence-corrected chi connectivity index (χ0v) is 11.7. The van der Waals surface area contributed by atoms with E-state index in [0.29, 0.717) is 16.3 Å². The summed E-state index contributed by atoms with van der Waals surface area (Å²) in [7, 11) is 0. The molecule has 0 aliphatic rings. The summed E-state index contributed by atoms with van der Waals surface area (Å²) in [4.78, 5) is 23.7. The molecule has 0 spiro atoms. The van der Waals surface area contributed by atoms with E-state index in [1.165, 1.54) is 17.8 Å². The van der Waals surface area contributed by atoms with Crippen LogP contribution in [0.1, 0.15) is 16.7 Å². The number of benzene rings is 1. The van der Waals surface area contributed by atoms with Crippen molar-refractivity contribution in [1.29, 1.82) is 0 Å². The van der Waals surface area contributed by atoms with Crippen LogP contribution in [0.4, 0.5) is 11.4 Å². The van der Waals surface area contributed by atoms with Crippen LogP contribution in [0.5, 0.6) is 0 Å². The summed E-state index contributed by atoms with van der Waals surface area (Å²) < 4.78 is 1.44. The second-order valence-corrected chi connectivity index (χ2v) is 5.14. The van der Waals surface area contributed by atoms with Gasteiger partial charge < -0.3 is 10.6 Å². The first-order chi connectivity index (χ1) is 10.1. The van der Waals surface area contributed by atoms with E-state index in [1.54, 1.807) is 24.3 Å². The minimum Gasteiger partial charge on any atom is -0.326 e. The van der Waals surface area contributed by atoms with E-state index >= 15 is 0 Å². The molecule has 0 fully saturated rings. The molecule has 0 bridgehead atoms. The molecular weight excluding hydrogens is 292 g/mol. The zero-order valence-electron chi connectivity index (χ0n) is 10.9. The average Bonchev–Trinajstić information content (AvgIpc) is 2.98. The van der Waals surface area contributed by atoms with Crippen LogP contribution in [0.2, 0.25) is 0 Å². The quantitative estimate of drug-likeness (QED) is 0.761. The number of fused-ring (bicyclic) bond motifs is 1. The second-order valence-electron chi connectivity index (χ2n) is 4.18. The molecule has 3 rings (SSSR count). The van der Waals surface area contributed by atoms with Crippen molar-refractivity contribution in [2.45, 2.75) is 6.92 Å². The fraction of sp³-hybridized carbons (Fsp3) is 0.0833. The summed E-state index contributed by atoms with van der Waals surface area (Å²) in [5.74, 6) is -0.516. The number of amides is 2. The van der Waals surface area contributed by atoms with Crippen LogP contribution in [0.25, 0.3) is 4.96 Å². The number of hydrogen-bond acceptors (Lipinski definition) is 6. The monoisotopic (exact) mass is 302 g/mol. The van der Waals surface area contributed by atoms with Gasteiger partial charge in [0.1, 0.15) is 6.33 Å². The third-order valence-corrected chi connectivity index (χ3v) is 3.43. The SMILES string of the molecule is CC(=O)Nc1cccc(NC(=O)c2nn3cnnc3s2)c1. The van der Waals surface area contributed by atoms with E-state index in [0.717, 1.165) is 11.3 Å². The molecule has 8 nitrogen and oxygen atoms in total. The topological polar surface area (TPSA) is 101 Å². The van der Waals surface area contributed by atoms with E-state index in [9.17, 15) is 9.59 Å². The Balaban J connectivity index is 1.77. The van der Waals surface area contributed by atoms with Crippen molar-refractivity contribution in [3.8, 4) is 0 Å². The molecule has 2 amide bonds. The number of nitrogens with zero attached hydrogens (tertiary/aromatic N) is 4. The lowest BCUT2D eigenvalue weighted by atomic mass is 10.2. The first-order valence-corrected chi connectivity index (χ1v) is 6.79. The first kappa shape index (κ1) is 13.2. The molecule has 0 saturated carbocycles. The van der Waals surface area contributed by atoms with Gasteiger partial charge in [-0.25, -0.2) is 0 Å². The van der Waals surface area contributed by atoms with Crippen molar-refractivity contribution in [3.63, 3.8) is 0 Å². The highest BCUT2D eigenvalue weighted by molar-refractivity contribution is 7.18. The highest BCUT2D eigenvalue weighted by atomic mass is 32.1. The molecule has 106 valence electrons. The smallest absolute Gasteiger partial charge is 0.286 e. The van der Waals surface area contributed by atoms with Gasteiger partial charge in [0.25, 0.3) is 5.91 Å². The summed E-state index contributed by atoms with van der Waals surface area (Å²) in [6, 6.07) is 6.86. The highest BCUT2D eigenvalue weighted by Crippen LogP contribution is 2.17. The predicted molar refractivity (Wildman–Crippen MR) is 77.4 cm³/mol. The average molecular weight is 302 g/mol. The molecule has 2 aromatic heterocycles. The Labute approximate surface area is 122 Å². The Kier molecular flexibility index (Phi) is 3.32. The first-order valence-electron chi connectivity index (χ1n) is 5.98. The molecule has 0 aliphatic carbocycles. The maximum atomic E-state index is 12.1. The van der Waals surface area contributed by atoms with Gasteiger partial charge in [0.2, 0.25) is 15.9 Å². The Bertz CT molecular complexity index is 795. The normalized spacial score (nSPS) is 10.5. The van der Waals surface area contributed by atoms with Crippen molar-refractivity contribution in [2.75, 3.05) is 10.6 Å². The summed E-state index contributed by atoms with van der Waals surface area (Å²) in [5.41, 5.74) is 1.18. The van der Waals surface area contributed by atoms with Gasteiger partial charge in [0, 0.05) is 18.3 Å². The van der Waals surface area contributed by atoms with Crippen LogP contribution in [0.3, 0.4) is 0 Å². The van der Waals surface area contributed by atoms with Crippen molar-refractivity contribution in [2.24, 2.45) is 0 Å². The molecule has 9 heteroatoms. The van der Waals surface area contributed by atoms with E-state index in [2.05, 4.69) is 25.9 Å². The minimum absolute atomic E-state index is 0.174. The van der Waals surface area contributed by atoms with Gasteiger partial charge in [0.15, 0.2) is 0 Å². The number of anilines is 2. The standard InChI is InChI=1S/C12H10N6O2S/c1-7(19)14-8-3-2-4-9(5-8)15-10(20)11-17-18-6-13-16-12(18)21-11/h2-6H,1H3,(H,14,19)(H,15,20). The van der Waals surface area contributed by atoms with E-state index in [-0.39, 0.29) is 16.8 Å². The van der Waals surface area contributed by atoms with Crippen LogP contribution in [-0.4, -0.2) is 31.6 Å². The molecule has 0 aliphatic heterocycles. The fourth-order valence-electron chi connectivity index (χ4n) is 1.71. The van der Waals surface area contributed by atoms with Gasteiger partial charge in [-0.05, 0) is 18.2 Å². The summed E-state index contributed by atoms with van der Waals surface area (Å²) >= 11 is 1.14. The van der Waals surface area contributed by atoms with E-state index in [1.807, 2.05) is 0 Å². The fourth-order valence-corrected chi connectivity index (χ4v) is 2.43. The zero-order chi connectivity index (χ0) is 14.8. The third kappa shape index (κ3) is 2.87. The third-order valence-electron chi connectivity index (χ3n) is 2.52. The molecule has 3 aromatic rings. The molecule has 2 heterocycles. The Morgan fingerprint density at radius 2 is 2.00 bits per heavy atom. The Morgan fingerprint density at radius 3 is 2.71 bits per heavy atom. The van der Waals surface area contributed by atoms with Gasteiger partial charge in [-0.3, -0.25) is 9.59 Å². The molecule has 0 saturated heterocycles. The molecule has 2 N–H and O–H groups in total. The van der Waals surface area contributed by atoms with Crippen molar-refractivity contribution in [1.82, 2.24) is 19.8 Å². The minimum atomic E-state index is -0.342. The van der Waals surface area contributed by atoms with Gasteiger partial charge in [-0.15, -0.1) is 15.3 Å². The molecule has 0 unspecified atom stereocenters. The largest absolute Gasteiger partial charge is 0.326 e. The molecule has 0 atom stereocenters. The summed E-state index contributed by atoms with van der Waals surface area (Å²) in [6.07, 6.45) is 1.43. The number of aromatic nitrogens is 4. The number of carbonyl (C=O) groups excluding carboxylic acids is 2. The van der Waals surface area contributed by atoms with Crippen LogP contribution in [0, 0.1) is 0 Å². The van der Waals surface area contributed by atoms with Gasteiger partial charge in [-0.2, -0.15) is 4.52 Å². The number of rotatable bonds is 3. The second kappa shape index (κ2) is 5.29. The summed E-state index contributed by atoms with van der Waals surface area (Å²) in [5, 5.41) is 17.2. The van der Waals surface area contributed by atoms with Gasteiger partial charge in [-0.1, -0.05) is 17.4 Å². The molecule has 0 radical (unpaired) electrons. The number of nitrogens with one attached hydrogen (secondary N) is 2. The van der Waals surface area contributed by atoms with E-state index < -0.39 is 0 Å². The lowest BCUT2D eigenvalue weighted by Gasteiger charge is -2.06. The van der Waals surface area contributed by atoms with Gasteiger partial charge in [0.05, 0.1) is 0 Å². The maximum absolute atomic E-state index is 12.1. The molecular formula is C12H10N6O2S. The van der Waals surface area contributed by atoms with Crippen molar-refractivity contribution in [3.05, 3.63) is 35.6 Å². The van der Waals surface area contributed by atoms with E-state index in [4.69, 9.17) is 0 Å².